The minimum atomic E-state index is -2.80. The first-order valence-electron chi connectivity index (χ1n) is 6.12. The molecular weight excluding hydrogens is 282 g/mol. The van der Waals surface area contributed by atoms with E-state index >= 15 is 0 Å². The Kier molecular flexibility index (Phi) is 4.23. The largest absolute Gasteiger partial charge is 0.435 e. The van der Waals surface area contributed by atoms with Crippen LogP contribution >= 0.6 is 11.3 Å². The maximum absolute atomic E-state index is 12.1. The van der Waals surface area contributed by atoms with E-state index in [1.165, 1.54) is 23.5 Å². The summed E-state index contributed by atoms with van der Waals surface area (Å²) in [7, 11) is 0. The summed E-state index contributed by atoms with van der Waals surface area (Å²) < 4.78 is 28.4. The van der Waals surface area contributed by atoms with Crippen molar-refractivity contribution in [3.63, 3.8) is 0 Å². The van der Waals surface area contributed by atoms with E-state index in [2.05, 4.69) is 35.8 Å². The molecule has 1 heterocycles. The zero-order valence-electron chi connectivity index (χ0n) is 11.5. The van der Waals surface area contributed by atoms with Gasteiger partial charge in [-0.1, -0.05) is 0 Å². The molecule has 0 saturated carbocycles. The zero-order valence-corrected chi connectivity index (χ0v) is 12.3. The highest BCUT2D eigenvalue weighted by Crippen LogP contribution is 2.28. The molecule has 0 spiro atoms. The van der Waals surface area contributed by atoms with Crippen LogP contribution in [-0.4, -0.2) is 17.1 Å². The number of hydrogen-bond acceptors (Lipinski definition) is 4. The summed E-state index contributed by atoms with van der Waals surface area (Å²) in [6, 6.07) is 6.46. The third-order valence-electron chi connectivity index (χ3n) is 2.36. The maximum Gasteiger partial charge on any atom is 0.387 e. The number of thiazole rings is 1. The van der Waals surface area contributed by atoms with E-state index in [1.807, 2.05) is 5.38 Å². The number of rotatable bonds is 4. The number of halogens is 2. The van der Waals surface area contributed by atoms with Gasteiger partial charge in [0.25, 0.3) is 0 Å². The molecule has 1 aromatic carbocycles. The van der Waals surface area contributed by atoms with Crippen LogP contribution in [0.15, 0.2) is 29.6 Å². The number of aromatic nitrogens is 1. The summed E-state index contributed by atoms with van der Waals surface area (Å²) in [5.41, 5.74) is 1.62. The minimum absolute atomic E-state index is 0.0515. The Labute approximate surface area is 120 Å². The molecule has 0 unspecified atom stereocenters. The summed E-state index contributed by atoms with van der Waals surface area (Å²) in [4.78, 5) is 4.47. The third kappa shape index (κ3) is 4.16. The lowest BCUT2D eigenvalue weighted by atomic mass is 10.1. The molecule has 0 fully saturated rings. The van der Waals surface area contributed by atoms with Crippen LogP contribution in [0.5, 0.6) is 5.75 Å². The summed E-state index contributed by atoms with van der Waals surface area (Å²) in [5.74, 6) is 0.145. The van der Waals surface area contributed by atoms with Crippen molar-refractivity contribution in [3.05, 3.63) is 29.6 Å². The highest BCUT2D eigenvalue weighted by Gasteiger charge is 2.12. The van der Waals surface area contributed by atoms with Gasteiger partial charge in [0.2, 0.25) is 0 Å². The van der Waals surface area contributed by atoms with Gasteiger partial charge in [0.05, 0.1) is 5.69 Å². The average molecular weight is 298 g/mol. The molecule has 0 aliphatic carbocycles. The van der Waals surface area contributed by atoms with Crippen LogP contribution in [0.3, 0.4) is 0 Å². The molecule has 0 bridgehead atoms. The lowest BCUT2D eigenvalue weighted by molar-refractivity contribution is -0.0498. The molecule has 2 aromatic rings. The standard InChI is InChI=1S/C14H16F2N2OS/c1-14(2,3)18-13-17-11(8-20-13)9-4-6-10(7-5-9)19-12(15)16/h4-8,12H,1-3H3,(H,17,18). The predicted octanol–water partition coefficient (Wildman–Crippen LogP) is 4.62. The van der Waals surface area contributed by atoms with Gasteiger partial charge in [-0.25, -0.2) is 4.98 Å². The van der Waals surface area contributed by atoms with E-state index in [9.17, 15) is 8.78 Å². The van der Waals surface area contributed by atoms with Gasteiger partial charge in [0.1, 0.15) is 5.75 Å². The average Bonchev–Trinajstić information content (AvgIpc) is 2.75. The van der Waals surface area contributed by atoms with E-state index in [4.69, 9.17) is 0 Å². The van der Waals surface area contributed by atoms with Crippen molar-refractivity contribution < 1.29 is 13.5 Å². The normalized spacial score (nSPS) is 11.7. The Bertz CT molecular complexity index is 561. The van der Waals surface area contributed by atoms with Gasteiger partial charge in [-0.3, -0.25) is 0 Å². The van der Waals surface area contributed by atoms with E-state index in [0.29, 0.717) is 0 Å². The van der Waals surface area contributed by atoms with Crippen molar-refractivity contribution in [1.29, 1.82) is 0 Å². The Hall–Kier alpha value is -1.69. The fourth-order valence-corrected chi connectivity index (χ4v) is 2.52. The first-order chi connectivity index (χ1) is 9.33. The van der Waals surface area contributed by atoms with E-state index < -0.39 is 6.61 Å². The second-order valence-electron chi connectivity index (χ2n) is 5.32. The van der Waals surface area contributed by atoms with Crippen molar-refractivity contribution in [2.75, 3.05) is 5.32 Å². The van der Waals surface area contributed by atoms with E-state index in [0.717, 1.165) is 16.4 Å². The van der Waals surface area contributed by atoms with Crippen LogP contribution < -0.4 is 10.1 Å². The number of alkyl halides is 2. The van der Waals surface area contributed by atoms with Crippen LogP contribution in [0.1, 0.15) is 20.8 Å². The van der Waals surface area contributed by atoms with Gasteiger partial charge in [-0.05, 0) is 45.0 Å². The SMILES string of the molecule is CC(C)(C)Nc1nc(-c2ccc(OC(F)F)cc2)cs1. The third-order valence-corrected chi connectivity index (χ3v) is 3.12. The molecule has 3 nitrogen and oxygen atoms in total. The Morgan fingerprint density at radius 1 is 1.20 bits per heavy atom. The smallest absolute Gasteiger partial charge is 0.387 e. The Morgan fingerprint density at radius 2 is 1.85 bits per heavy atom. The molecular formula is C14H16F2N2OS. The van der Waals surface area contributed by atoms with E-state index in [-0.39, 0.29) is 11.3 Å². The quantitative estimate of drug-likeness (QED) is 0.894. The van der Waals surface area contributed by atoms with Crippen LogP contribution in [-0.2, 0) is 0 Å². The predicted molar refractivity (Wildman–Crippen MR) is 77.6 cm³/mol. The summed E-state index contributed by atoms with van der Waals surface area (Å²) in [6.45, 7) is 3.38. The van der Waals surface area contributed by atoms with Crippen molar-refractivity contribution in [2.45, 2.75) is 32.9 Å². The fourth-order valence-electron chi connectivity index (χ4n) is 1.59. The first-order valence-corrected chi connectivity index (χ1v) is 7.00. The first kappa shape index (κ1) is 14.7. The molecule has 2 rings (SSSR count). The summed E-state index contributed by atoms with van der Waals surface area (Å²) >= 11 is 1.51. The minimum Gasteiger partial charge on any atom is -0.435 e. The van der Waals surface area contributed by atoms with Crippen molar-refractivity contribution in [1.82, 2.24) is 4.98 Å². The Morgan fingerprint density at radius 3 is 2.40 bits per heavy atom. The summed E-state index contributed by atoms with van der Waals surface area (Å²) in [5, 5.41) is 6.05. The molecule has 0 saturated heterocycles. The van der Waals surface area contributed by atoms with Crippen LogP contribution in [0, 0.1) is 0 Å². The van der Waals surface area contributed by atoms with Gasteiger partial charge < -0.3 is 10.1 Å². The molecule has 108 valence electrons. The number of benzene rings is 1. The van der Waals surface area contributed by atoms with E-state index in [1.54, 1.807) is 12.1 Å². The molecule has 1 aromatic heterocycles. The molecule has 1 N–H and O–H groups in total. The van der Waals surface area contributed by atoms with Gasteiger partial charge in [0, 0.05) is 16.5 Å². The molecule has 0 atom stereocenters. The molecule has 0 radical (unpaired) electrons. The fraction of sp³-hybridized carbons (Fsp3) is 0.357. The number of ether oxygens (including phenoxy) is 1. The second kappa shape index (κ2) is 5.75. The van der Waals surface area contributed by atoms with Crippen molar-refractivity contribution >= 4 is 16.5 Å². The highest BCUT2D eigenvalue weighted by atomic mass is 32.1. The number of hydrogen-bond donors (Lipinski definition) is 1. The maximum atomic E-state index is 12.1. The topological polar surface area (TPSA) is 34.2 Å². The van der Waals surface area contributed by atoms with Gasteiger partial charge in [-0.15, -0.1) is 11.3 Å². The number of nitrogens with zero attached hydrogens (tertiary/aromatic N) is 1. The monoisotopic (exact) mass is 298 g/mol. The lowest BCUT2D eigenvalue weighted by Crippen LogP contribution is -2.25. The number of nitrogens with one attached hydrogen (secondary N) is 1. The van der Waals surface area contributed by atoms with Crippen LogP contribution in [0.2, 0.25) is 0 Å². The van der Waals surface area contributed by atoms with Gasteiger partial charge in [0.15, 0.2) is 5.13 Å². The molecule has 0 aliphatic heterocycles. The van der Waals surface area contributed by atoms with Gasteiger partial charge >= 0.3 is 6.61 Å². The van der Waals surface area contributed by atoms with Crippen molar-refractivity contribution in [2.24, 2.45) is 0 Å². The van der Waals surface area contributed by atoms with Crippen molar-refractivity contribution in [3.8, 4) is 17.0 Å². The number of anilines is 1. The van der Waals surface area contributed by atoms with Crippen LogP contribution in [0.4, 0.5) is 13.9 Å². The highest BCUT2D eigenvalue weighted by molar-refractivity contribution is 7.14. The zero-order chi connectivity index (χ0) is 14.8. The lowest BCUT2D eigenvalue weighted by Gasteiger charge is -2.19. The molecule has 6 heteroatoms. The molecule has 0 aliphatic rings. The second-order valence-corrected chi connectivity index (χ2v) is 6.17. The molecule has 20 heavy (non-hydrogen) atoms. The van der Waals surface area contributed by atoms with Gasteiger partial charge in [-0.2, -0.15) is 8.78 Å². The molecule has 0 amide bonds. The summed E-state index contributed by atoms with van der Waals surface area (Å²) in [6.07, 6.45) is 0. The van der Waals surface area contributed by atoms with Crippen LogP contribution in [0.25, 0.3) is 11.3 Å². The Balaban J connectivity index is 2.12.